The number of phenolic OH excluding ortho intramolecular Hbond substituents is 3. The third-order valence-electron chi connectivity index (χ3n) is 4.01. The summed E-state index contributed by atoms with van der Waals surface area (Å²) in [4.78, 5) is 12.5. The zero-order chi connectivity index (χ0) is 21.0. The monoisotopic (exact) mass is 411 g/mol. The Morgan fingerprint density at radius 1 is 0.862 bits per heavy atom. The van der Waals surface area contributed by atoms with Gasteiger partial charge in [-0.25, -0.2) is 8.42 Å². The van der Waals surface area contributed by atoms with E-state index in [1.165, 1.54) is 66.7 Å². The van der Waals surface area contributed by atoms with Crippen LogP contribution in [0.2, 0.25) is 0 Å². The van der Waals surface area contributed by atoms with Crippen molar-refractivity contribution >= 4 is 27.6 Å². The van der Waals surface area contributed by atoms with Crippen molar-refractivity contribution in [1.82, 2.24) is 0 Å². The lowest BCUT2D eigenvalue weighted by Gasteiger charge is -2.11. The van der Waals surface area contributed by atoms with Crippen LogP contribution in [0.4, 0.5) is 5.69 Å². The van der Waals surface area contributed by atoms with E-state index in [1.54, 1.807) is 12.1 Å². The molecule has 7 nitrogen and oxygen atoms in total. The summed E-state index contributed by atoms with van der Waals surface area (Å²) in [5.41, 5.74) is 0.418. The molecular formula is C21H17NO6S. The maximum Gasteiger partial charge on any atom is 0.261 e. The van der Waals surface area contributed by atoms with Gasteiger partial charge >= 0.3 is 0 Å². The average molecular weight is 411 g/mol. The Hall–Kier alpha value is -3.78. The van der Waals surface area contributed by atoms with E-state index < -0.39 is 15.8 Å². The Morgan fingerprint density at radius 3 is 2.24 bits per heavy atom. The fourth-order valence-corrected chi connectivity index (χ4v) is 3.63. The molecule has 0 atom stereocenters. The highest BCUT2D eigenvalue weighted by atomic mass is 32.2. The van der Waals surface area contributed by atoms with Crippen molar-refractivity contribution in [1.29, 1.82) is 0 Å². The van der Waals surface area contributed by atoms with E-state index in [0.29, 0.717) is 0 Å². The van der Waals surface area contributed by atoms with Crippen molar-refractivity contribution in [3.8, 4) is 17.2 Å². The predicted octanol–water partition coefficient (Wildman–Crippen LogP) is 3.50. The second kappa shape index (κ2) is 8.07. The molecule has 3 rings (SSSR count). The maximum atomic E-state index is 12.6. The van der Waals surface area contributed by atoms with Crippen molar-refractivity contribution < 1.29 is 28.5 Å². The molecule has 0 saturated heterocycles. The largest absolute Gasteiger partial charge is 0.508 e. The van der Waals surface area contributed by atoms with Crippen molar-refractivity contribution in [3.05, 3.63) is 83.9 Å². The predicted molar refractivity (Wildman–Crippen MR) is 108 cm³/mol. The van der Waals surface area contributed by atoms with Crippen LogP contribution >= 0.6 is 0 Å². The first-order valence-electron chi connectivity index (χ1n) is 8.41. The van der Waals surface area contributed by atoms with E-state index in [2.05, 4.69) is 4.72 Å². The van der Waals surface area contributed by atoms with Gasteiger partial charge in [-0.15, -0.1) is 0 Å². The highest BCUT2D eigenvalue weighted by Crippen LogP contribution is 2.25. The van der Waals surface area contributed by atoms with Crippen LogP contribution < -0.4 is 4.72 Å². The Labute approximate surface area is 167 Å². The Balaban J connectivity index is 1.88. The molecule has 0 unspecified atom stereocenters. The molecule has 0 radical (unpaired) electrons. The van der Waals surface area contributed by atoms with Crippen LogP contribution in [0.1, 0.15) is 15.9 Å². The molecule has 0 heterocycles. The number of carbonyl (C=O) groups excluding carboxylic acids is 1. The zero-order valence-corrected chi connectivity index (χ0v) is 15.8. The number of hydrogen-bond donors (Lipinski definition) is 4. The van der Waals surface area contributed by atoms with Gasteiger partial charge in [-0.2, -0.15) is 0 Å². The van der Waals surface area contributed by atoms with E-state index in [-0.39, 0.29) is 39.0 Å². The van der Waals surface area contributed by atoms with Crippen LogP contribution in [0.3, 0.4) is 0 Å². The van der Waals surface area contributed by atoms with Gasteiger partial charge in [0.15, 0.2) is 5.78 Å². The molecule has 0 aliphatic carbocycles. The lowest BCUT2D eigenvalue weighted by molar-refractivity contribution is 0.104. The molecule has 0 amide bonds. The molecule has 0 saturated carbocycles. The topological polar surface area (TPSA) is 124 Å². The van der Waals surface area contributed by atoms with Crippen LogP contribution in [-0.2, 0) is 10.0 Å². The number of allylic oxidation sites excluding steroid dienone is 1. The van der Waals surface area contributed by atoms with Crippen molar-refractivity contribution in [2.24, 2.45) is 0 Å². The Bertz CT molecular complexity index is 1180. The number of hydrogen-bond acceptors (Lipinski definition) is 6. The van der Waals surface area contributed by atoms with Gasteiger partial charge in [-0.1, -0.05) is 12.1 Å². The van der Waals surface area contributed by atoms with Crippen LogP contribution in [-0.4, -0.2) is 29.5 Å². The standard InChI is InChI=1S/C21H17NO6S/c23-15-6-9-17(10-7-15)29(27,28)22-19-4-2-1-3-18(19)21(26)11-5-14-13-16(24)8-12-20(14)25/h1-13,22-25H. The number of sulfonamides is 1. The van der Waals surface area contributed by atoms with Crippen molar-refractivity contribution in [2.75, 3.05) is 4.72 Å². The van der Waals surface area contributed by atoms with Gasteiger partial charge < -0.3 is 15.3 Å². The number of rotatable bonds is 6. The van der Waals surface area contributed by atoms with Gasteiger partial charge in [-0.3, -0.25) is 9.52 Å². The molecule has 0 aromatic heterocycles. The molecule has 0 spiro atoms. The molecule has 0 aliphatic heterocycles. The molecule has 4 N–H and O–H groups in total. The Kier molecular flexibility index (Phi) is 5.56. The number of carbonyl (C=O) groups is 1. The first-order chi connectivity index (χ1) is 13.8. The number of anilines is 1. The van der Waals surface area contributed by atoms with Gasteiger partial charge in [0.2, 0.25) is 0 Å². The van der Waals surface area contributed by atoms with Crippen molar-refractivity contribution in [2.45, 2.75) is 4.90 Å². The van der Waals surface area contributed by atoms with Crippen LogP contribution in [0.25, 0.3) is 6.08 Å². The van der Waals surface area contributed by atoms with Gasteiger partial charge in [-0.05, 0) is 66.7 Å². The van der Waals surface area contributed by atoms with Gasteiger partial charge in [0.1, 0.15) is 17.2 Å². The number of ketones is 1. The average Bonchev–Trinajstić information content (AvgIpc) is 2.69. The van der Waals surface area contributed by atoms with E-state index in [0.717, 1.165) is 0 Å². The van der Waals surface area contributed by atoms with Crippen LogP contribution in [0.5, 0.6) is 17.2 Å². The SMILES string of the molecule is O=C(C=Cc1cc(O)ccc1O)c1ccccc1NS(=O)(=O)c1ccc(O)cc1. The summed E-state index contributed by atoms with van der Waals surface area (Å²) < 4.78 is 27.5. The summed E-state index contributed by atoms with van der Waals surface area (Å²) in [7, 11) is -3.98. The van der Waals surface area contributed by atoms with Crippen LogP contribution in [0.15, 0.2) is 77.7 Å². The first kappa shape index (κ1) is 20.0. The minimum Gasteiger partial charge on any atom is -0.508 e. The molecule has 3 aromatic rings. The maximum absolute atomic E-state index is 12.6. The quantitative estimate of drug-likeness (QED) is 0.280. The minimum absolute atomic E-state index is 0.0696. The smallest absolute Gasteiger partial charge is 0.261 e. The minimum atomic E-state index is -3.98. The summed E-state index contributed by atoms with van der Waals surface area (Å²) in [6.07, 6.45) is 2.49. The number of nitrogens with one attached hydrogen (secondary N) is 1. The number of phenols is 3. The number of aromatic hydroxyl groups is 3. The van der Waals surface area contributed by atoms with E-state index in [4.69, 9.17) is 0 Å². The molecule has 0 aliphatic rings. The fraction of sp³-hybridized carbons (Fsp3) is 0. The zero-order valence-electron chi connectivity index (χ0n) is 15.0. The van der Waals surface area contributed by atoms with Crippen molar-refractivity contribution in [3.63, 3.8) is 0 Å². The number of para-hydroxylation sites is 1. The summed E-state index contributed by atoms with van der Waals surface area (Å²) >= 11 is 0. The first-order valence-corrected chi connectivity index (χ1v) is 9.90. The summed E-state index contributed by atoms with van der Waals surface area (Å²) in [6, 6.07) is 14.9. The van der Waals surface area contributed by atoms with Crippen LogP contribution in [0, 0.1) is 0 Å². The van der Waals surface area contributed by atoms with Gasteiger partial charge in [0.25, 0.3) is 10.0 Å². The molecule has 29 heavy (non-hydrogen) atoms. The third kappa shape index (κ3) is 4.74. The molecule has 148 valence electrons. The normalized spacial score (nSPS) is 11.4. The Morgan fingerprint density at radius 2 is 1.52 bits per heavy atom. The summed E-state index contributed by atoms with van der Waals surface area (Å²) in [5, 5.41) is 28.6. The van der Waals surface area contributed by atoms with Gasteiger partial charge in [0, 0.05) is 11.1 Å². The van der Waals surface area contributed by atoms with E-state index in [9.17, 15) is 28.5 Å². The van der Waals surface area contributed by atoms with E-state index >= 15 is 0 Å². The molecule has 0 bridgehead atoms. The highest BCUT2D eigenvalue weighted by molar-refractivity contribution is 7.92. The summed E-state index contributed by atoms with van der Waals surface area (Å²) in [5.74, 6) is -0.762. The molecule has 8 heteroatoms. The highest BCUT2D eigenvalue weighted by Gasteiger charge is 2.17. The van der Waals surface area contributed by atoms with Gasteiger partial charge in [0.05, 0.1) is 10.6 Å². The fourth-order valence-electron chi connectivity index (χ4n) is 2.55. The summed E-state index contributed by atoms with van der Waals surface area (Å²) in [6.45, 7) is 0. The lowest BCUT2D eigenvalue weighted by Crippen LogP contribution is -2.15. The molecule has 3 aromatic carbocycles. The molecule has 0 fully saturated rings. The lowest BCUT2D eigenvalue weighted by atomic mass is 10.1. The third-order valence-corrected chi connectivity index (χ3v) is 5.39. The molecular weight excluding hydrogens is 394 g/mol. The second-order valence-electron chi connectivity index (χ2n) is 6.09. The number of benzene rings is 3. The van der Waals surface area contributed by atoms with E-state index in [1.807, 2.05) is 0 Å². The second-order valence-corrected chi connectivity index (χ2v) is 7.77.